The molecule has 5 nitrogen and oxygen atoms in total. The monoisotopic (exact) mass is 272 g/mol. The van der Waals surface area contributed by atoms with Gasteiger partial charge >= 0.3 is 0 Å². The second-order valence-electron chi connectivity index (χ2n) is 6.87. The van der Waals surface area contributed by atoms with E-state index in [1.807, 2.05) is 0 Å². The molecule has 1 heterocycles. The molecule has 5 heteroatoms. The van der Waals surface area contributed by atoms with Crippen LogP contribution in [0.5, 0.6) is 0 Å². The molecule has 4 aliphatic rings. The zero-order chi connectivity index (χ0) is 13.6. The molecule has 4 bridgehead atoms. The number of aromatic amines is 1. The van der Waals surface area contributed by atoms with E-state index in [4.69, 9.17) is 0 Å². The van der Waals surface area contributed by atoms with Gasteiger partial charge in [0, 0.05) is 12.4 Å². The van der Waals surface area contributed by atoms with E-state index < -0.39 is 0 Å². The van der Waals surface area contributed by atoms with Crippen molar-refractivity contribution in [2.24, 2.45) is 28.3 Å². The molecule has 1 aromatic rings. The van der Waals surface area contributed by atoms with Crippen molar-refractivity contribution in [1.82, 2.24) is 15.4 Å². The van der Waals surface area contributed by atoms with Gasteiger partial charge in [0.1, 0.15) is 5.82 Å². The van der Waals surface area contributed by atoms with Crippen LogP contribution >= 0.6 is 0 Å². The lowest BCUT2D eigenvalue weighted by atomic mass is 9.49. The van der Waals surface area contributed by atoms with Gasteiger partial charge in [-0.05, 0) is 56.3 Å². The normalized spacial score (nSPS) is 38.5. The maximum Gasteiger partial charge on any atom is 0.246 e. The summed E-state index contributed by atoms with van der Waals surface area (Å²) in [5, 5.41) is 4.05. The average Bonchev–Trinajstić information content (AvgIpc) is 2.90. The van der Waals surface area contributed by atoms with Crippen molar-refractivity contribution in [2.75, 3.05) is 0 Å². The Kier molecular flexibility index (Phi) is 2.69. The van der Waals surface area contributed by atoms with Crippen molar-refractivity contribution in [1.29, 1.82) is 0 Å². The topological polar surface area (TPSA) is 70.1 Å². The van der Waals surface area contributed by atoms with Crippen LogP contribution < -0.4 is 5.43 Å². The number of amides is 1. The van der Waals surface area contributed by atoms with Crippen molar-refractivity contribution in [2.45, 2.75) is 38.5 Å². The SMILES string of the molecule is O=C(N/N=C/c1ncc[nH]1)C12CC3CC(CC(C3)C1)C2. The Bertz CT molecular complexity index is 499. The smallest absolute Gasteiger partial charge is 0.246 e. The Balaban J connectivity index is 1.45. The third-order valence-corrected chi connectivity index (χ3v) is 5.39. The molecule has 0 atom stereocenters. The van der Waals surface area contributed by atoms with Crippen molar-refractivity contribution in [3.05, 3.63) is 18.2 Å². The predicted molar refractivity (Wildman–Crippen MR) is 74.9 cm³/mol. The van der Waals surface area contributed by atoms with Crippen LogP contribution in [0.2, 0.25) is 0 Å². The van der Waals surface area contributed by atoms with Crippen molar-refractivity contribution >= 4 is 12.1 Å². The number of carbonyl (C=O) groups excluding carboxylic acids is 1. The molecule has 1 amide bonds. The lowest BCUT2D eigenvalue weighted by Gasteiger charge is -2.55. The Morgan fingerprint density at radius 1 is 1.30 bits per heavy atom. The Labute approximate surface area is 118 Å². The summed E-state index contributed by atoms with van der Waals surface area (Å²) < 4.78 is 0. The van der Waals surface area contributed by atoms with E-state index in [0.717, 1.165) is 37.0 Å². The van der Waals surface area contributed by atoms with Gasteiger partial charge < -0.3 is 4.98 Å². The van der Waals surface area contributed by atoms with E-state index in [2.05, 4.69) is 20.5 Å². The standard InChI is InChI=1S/C15H20N4O/c20-14(19-18-9-13-16-1-2-17-13)15-6-10-3-11(7-15)5-12(4-10)8-15/h1-2,9-12H,3-8H2,(H,16,17)(H,19,20)/b18-9+. The van der Waals surface area contributed by atoms with Gasteiger partial charge in [0.2, 0.25) is 5.91 Å². The number of imidazole rings is 1. The van der Waals surface area contributed by atoms with Crippen LogP contribution in [-0.2, 0) is 4.79 Å². The number of H-pyrrole nitrogens is 1. The highest BCUT2D eigenvalue weighted by Gasteiger charge is 2.54. The van der Waals surface area contributed by atoms with E-state index in [0.29, 0.717) is 5.82 Å². The van der Waals surface area contributed by atoms with E-state index in [1.165, 1.54) is 19.3 Å². The van der Waals surface area contributed by atoms with Gasteiger partial charge in [-0.2, -0.15) is 5.10 Å². The Hall–Kier alpha value is -1.65. The van der Waals surface area contributed by atoms with Crippen molar-refractivity contribution in [3.63, 3.8) is 0 Å². The molecule has 4 saturated carbocycles. The fraction of sp³-hybridized carbons (Fsp3) is 0.667. The van der Waals surface area contributed by atoms with E-state index in [9.17, 15) is 4.79 Å². The number of hydrogen-bond acceptors (Lipinski definition) is 3. The molecule has 5 rings (SSSR count). The average molecular weight is 272 g/mol. The van der Waals surface area contributed by atoms with E-state index in [-0.39, 0.29) is 11.3 Å². The van der Waals surface area contributed by atoms with Gasteiger partial charge in [0.15, 0.2) is 0 Å². The molecule has 2 N–H and O–H groups in total. The third-order valence-electron chi connectivity index (χ3n) is 5.39. The highest BCUT2D eigenvalue weighted by molar-refractivity contribution is 5.84. The first-order valence-electron chi connectivity index (χ1n) is 7.56. The zero-order valence-corrected chi connectivity index (χ0v) is 11.5. The third kappa shape index (κ3) is 1.96. The second-order valence-corrected chi connectivity index (χ2v) is 6.87. The molecule has 0 saturated heterocycles. The van der Waals surface area contributed by atoms with Gasteiger partial charge in [0.05, 0.1) is 11.6 Å². The highest BCUT2D eigenvalue weighted by atomic mass is 16.2. The van der Waals surface area contributed by atoms with Crippen LogP contribution in [0.1, 0.15) is 44.3 Å². The van der Waals surface area contributed by atoms with Crippen molar-refractivity contribution in [3.8, 4) is 0 Å². The summed E-state index contributed by atoms with van der Waals surface area (Å²) in [4.78, 5) is 19.6. The number of hydrogen-bond donors (Lipinski definition) is 2. The fourth-order valence-corrected chi connectivity index (χ4v) is 5.01. The second kappa shape index (κ2) is 4.43. The van der Waals surface area contributed by atoms with Crippen LogP contribution in [0.15, 0.2) is 17.5 Å². The van der Waals surface area contributed by atoms with Gasteiger partial charge in [0.25, 0.3) is 0 Å². The summed E-state index contributed by atoms with van der Waals surface area (Å²) in [6.07, 6.45) is 12.2. The number of hydrazone groups is 1. The first kappa shape index (κ1) is 12.1. The quantitative estimate of drug-likeness (QED) is 0.653. The molecule has 0 aliphatic heterocycles. The van der Waals surface area contributed by atoms with E-state index in [1.54, 1.807) is 18.6 Å². The lowest BCUT2D eigenvalue weighted by Crippen LogP contribution is -2.52. The van der Waals surface area contributed by atoms with Crippen LogP contribution in [0.4, 0.5) is 0 Å². The summed E-state index contributed by atoms with van der Waals surface area (Å²) in [5.74, 6) is 3.12. The highest BCUT2D eigenvalue weighted by Crippen LogP contribution is 2.60. The molecule has 4 aliphatic carbocycles. The minimum Gasteiger partial charge on any atom is -0.344 e. The first-order chi connectivity index (χ1) is 9.73. The minimum absolute atomic E-state index is 0.124. The van der Waals surface area contributed by atoms with Gasteiger partial charge in [-0.1, -0.05) is 0 Å². The molecular weight excluding hydrogens is 252 g/mol. The summed E-state index contributed by atoms with van der Waals surface area (Å²) >= 11 is 0. The Morgan fingerprint density at radius 3 is 2.50 bits per heavy atom. The maximum atomic E-state index is 12.6. The van der Waals surface area contributed by atoms with Gasteiger partial charge in [-0.3, -0.25) is 4.79 Å². The van der Waals surface area contributed by atoms with Crippen LogP contribution in [-0.4, -0.2) is 22.1 Å². The molecule has 1 aromatic heterocycles. The summed E-state index contributed by atoms with van der Waals surface area (Å²) in [7, 11) is 0. The number of rotatable bonds is 3. The first-order valence-corrected chi connectivity index (χ1v) is 7.56. The summed E-state index contributed by atoms with van der Waals surface area (Å²) in [6.45, 7) is 0. The Morgan fingerprint density at radius 2 is 1.95 bits per heavy atom. The molecule has 20 heavy (non-hydrogen) atoms. The van der Waals surface area contributed by atoms with Crippen molar-refractivity contribution < 1.29 is 4.79 Å². The molecule has 0 radical (unpaired) electrons. The largest absolute Gasteiger partial charge is 0.344 e. The van der Waals surface area contributed by atoms with Crippen LogP contribution in [0.25, 0.3) is 0 Å². The fourth-order valence-electron chi connectivity index (χ4n) is 5.01. The maximum absolute atomic E-state index is 12.6. The molecule has 4 fully saturated rings. The molecule has 106 valence electrons. The molecule has 0 unspecified atom stereocenters. The number of nitrogens with zero attached hydrogens (tertiary/aromatic N) is 2. The van der Waals surface area contributed by atoms with Crippen LogP contribution in [0.3, 0.4) is 0 Å². The molecule has 0 spiro atoms. The minimum atomic E-state index is -0.130. The van der Waals surface area contributed by atoms with Crippen LogP contribution in [0, 0.1) is 23.2 Å². The predicted octanol–water partition coefficient (Wildman–Crippen LogP) is 2.08. The summed E-state index contributed by atoms with van der Waals surface area (Å²) in [5.41, 5.74) is 2.62. The van der Waals surface area contributed by atoms with E-state index >= 15 is 0 Å². The number of aromatic nitrogens is 2. The molecular formula is C15H20N4O. The molecule has 0 aromatic carbocycles. The lowest BCUT2D eigenvalue weighted by molar-refractivity contribution is -0.146. The zero-order valence-electron chi connectivity index (χ0n) is 11.5. The van der Waals surface area contributed by atoms with Gasteiger partial charge in [-0.25, -0.2) is 10.4 Å². The van der Waals surface area contributed by atoms with Gasteiger partial charge in [-0.15, -0.1) is 0 Å². The summed E-state index contributed by atoms with van der Waals surface area (Å²) in [6, 6.07) is 0. The number of carbonyl (C=O) groups is 1. The number of nitrogens with one attached hydrogen (secondary N) is 2.